The van der Waals surface area contributed by atoms with E-state index in [1.54, 1.807) is 27.7 Å². The van der Waals surface area contributed by atoms with E-state index in [1.807, 2.05) is 0 Å². The van der Waals surface area contributed by atoms with Gasteiger partial charge in [-0.05, 0) is 146 Å². The molecular formula is C65H91NO17. The summed E-state index contributed by atoms with van der Waals surface area (Å²) in [6, 6.07) is 0.191. The smallest absolute Gasteiger partial charge is 0.333 e. The second-order valence-electron chi connectivity index (χ2n) is 30.3. The molecule has 16 aliphatic rings. The van der Waals surface area contributed by atoms with Crippen LogP contribution in [0.1, 0.15) is 203 Å². The average molecular weight is 1160 g/mol. The van der Waals surface area contributed by atoms with E-state index in [2.05, 4.69) is 53.7 Å². The summed E-state index contributed by atoms with van der Waals surface area (Å²) < 4.78 is 27.3. The lowest BCUT2D eigenvalue weighted by Gasteiger charge is -2.67. The van der Waals surface area contributed by atoms with Gasteiger partial charge in [-0.2, -0.15) is 0 Å². The third kappa shape index (κ3) is 12.8. The Kier molecular flexibility index (Phi) is 15.9. The van der Waals surface area contributed by atoms with Crippen molar-refractivity contribution in [2.24, 2.45) is 34.0 Å². The van der Waals surface area contributed by atoms with Crippen LogP contribution < -0.4 is 0 Å². The number of rotatable bonds is 9. The topological polar surface area (TPSA) is 270 Å². The zero-order valence-electron chi connectivity index (χ0n) is 50.1. The standard InChI is InChI=1S/C15H22O4.C15H22O3.C14H20O4.C11H14O4.C10H13NO2/c1-10(2)11(16)19-15-6-12(3)4-13(17,8-15)7-14(18,5-12)9-15;1-4-11(16)18-15-8-12(2)5-13(3,9-15)7-14(17,6-12)10-15;1-9(2)11(15)18-14-5-10-3-12(16,7-14)6-13(17,4-10)8-14;1-6(2)10(12)14-8-4-3-7-5-9(8)15-11(7)13;1-6(2)9(12)11-8-5-3-4-7(8)10(11)13/h17-18H,1,4-9H2,2-3H3;4,17H,1,5-10H2,2-3H3;10,16-17H,1,3-8H2,2H3;7-9H,1,3-5H2,2H3;7-8H,1,3-5H2,2H3. The van der Waals surface area contributed by atoms with Gasteiger partial charge in [-0.15, -0.1) is 0 Å². The summed E-state index contributed by atoms with van der Waals surface area (Å²) in [5.74, 6) is -1.49. The highest BCUT2D eigenvalue weighted by molar-refractivity contribution is 6.08. The predicted octanol–water partition coefficient (Wildman–Crippen LogP) is 7.88. The number of likely N-dealkylation sites (tertiary alicyclic amines) is 1. The van der Waals surface area contributed by atoms with Gasteiger partial charge >= 0.3 is 29.8 Å². The van der Waals surface area contributed by atoms with Crippen molar-refractivity contribution in [3.8, 4) is 0 Å². The third-order valence-electron chi connectivity index (χ3n) is 20.4. The first-order valence-electron chi connectivity index (χ1n) is 30.1. The Labute approximate surface area is 488 Å². The Morgan fingerprint density at radius 1 is 0.542 bits per heavy atom. The minimum atomic E-state index is -0.895. The molecule has 5 N–H and O–H groups in total. The van der Waals surface area contributed by atoms with E-state index >= 15 is 0 Å². The van der Waals surface area contributed by atoms with E-state index in [-0.39, 0.29) is 76.0 Å². The van der Waals surface area contributed by atoms with E-state index in [1.165, 1.54) is 11.0 Å². The van der Waals surface area contributed by atoms with Gasteiger partial charge in [-0.1, -0.05) is 60.1 Å². The number of nitrogens with zero attached hydrogens (tertiary/aromatic N) is 1. The molecule has 14 saturated carbocycles. The van der Waals surface area contributed by atoms with Crippen molar-refractivity contribution in [2.75, 3.05) is 0 Å². The molecule has 18 heteroatoms. The molecule has 83 heavy (non-hydrogen) atoms. The van der Waals surface area contributed by atoms with Crippen molar-refractivity contribution < 1.29 is 82.8 Å². The largest absolute Gasteiger partial charge is 0.458 e. The fraction of sp³-hybridized carbons (Fsp3) is 0.738. The quantitative estimate of drug-likeness (QED) is 0.0636. The molecule has 2 saturated heterocycles. The SMILES string of the molecule is C=C(C)C(=O)N1C(=O)C2CCCC21.C=C(C)C(=O)OC12CC3(C)CC(O)(CC(O)(C3)C1)C2.C=C(C)C(=O)OC12CC3CC(O)(CC(O)(C3)C1)C2.C=C(C)C(=O)OC1CCC2CC1OC2=O.C=CC(=O)OC12CC3(C)CC(C)(CC(O)(C3)C1)C2. The van der Waals surface area contributed by atoms with Crippen molar-refractivity contribution in [1.29, 1.82) is 0 Å². The van der Waals surface area contributed by atoms with Gasteiger partial charge in [0.1, 0.15) is 29.0 Å². The summed E-state index contributed by atoms with van der Waals surface area (Å²) in [5.41, 5.74) is -4.37. The van der Waals surface area contributed by atoms with Gasteiger partial charge in [-0.3, -0.25) is 19.3 Å². The van der Waals surface area contributed by atoms with E-state index < -0.39 is 62.7 Å². The third-order valence-corrected chi connectivity index (χ3v) is 20.4. The maximum atomic E-state index is 11.9. The lowest BCUT2D eigenvalue weighted by Crippen LogP contribution is -2.69. The van der Waals surface area contributed by atoms with Crippen LogP contribution in [0.5, 0.6) is 0 Å². The molecule has 14 bridgehead atoms. The molecular weight excluding hydrogens is 1070 g/mol. The Morgan fingerprint density at radius 3 is 1.46 bits per heavy atom. The van der Waals surface area contributed by atoms with E-state index in [0.717, 1.165) is 83.5 Å². The maximum absolute atomic E-state index is 11.9. The number of carbonyl (C=O) groups excluding carboxylic acids is 7. The lowest BCUT2D eigenvalue weighted by atomic mass is 9.42. The van der Waals surface area contributed by atoms with Crippen LogP contribution in [0.4, 0.5) is 0 Å². The highest BCUT2D eigenvalue weighted by Gasteiger charge is 2.70. The maximum Gasteiger partial charge on any atom is 0.333 e. The van der Waals surface area contributed by atoms with Crippen LogP contribution in [-0.2, 0) is 57.2 Å². The van der Waals surface area contributed by atoms with Crippen LogP contribution in [0.25, 0.3) is 0 Å². The fourth-order valence-electron chi connectivity index (χ4n) is 20.2. The normalized spacial score (nSPS) is 44.8. The number of hydrogen-bond acceptors (Lipinski definition) is 17. The molecule has 0 spiro atoms. The van der Waals surface area contributed by atoms with E-state index in [0.29, 0.717) is 92.9 Å². The summed E-state index contributed by atoms with van der Waals surface area (Å²) in [4.78, 5) is 82.1. The Morgan fingerprint density at radius 2 is 1.00 bits per heavy atom. The number of fused-ring (bicyclic) bond motifs is 3. The first-order chi connectivity index (χ1) is 38.2. The molecule has 0 aromatic heterocycles. The second-order valence-corrected chi connectivity index (χ2v) is 30.3. The monoisotopic (exact) mass is 1160 g/mol. The molecule has 458 valence electrons. The molecule has 16 fully saturated rings. The molecule has 0 radical (unpaired) electrons. The summed E-state index contributed by atoms with van der Waals surface area (Å²) in [7, 11) is 0. The highest BCUT2D eigenvalue weighted by atomic mass is 16.6. The molecule has 2 heterocycles. The number of ether oxygens (including phenoxy) is 5. The molecule has 2 aliphatic heterocycles. The molecule has 18 nitrogen and oxygen atoms in total. The van der Waals surface area contributed by atoms with Gasteiger partial charge in [0.25, 0.3) is 5.91 Å². The van der Waals surface area contributed by atoms with Crippen LogP contribution in [0.3, 0.4) is 0 Å². The Hall–Kier alpha value is -5.01. The molecule has 0 aromatic rings. The molecule has 11 atom stereocenters. The van der Waals surface area contributed by atoms with Gasteiger partial charge < -0.3 is 49.2 Å². The van der Waals surface area contributed by atoms with Gasteiger partial charge in [-0.25, -0.2) is 19.2 Å². The molecule has 2 amide bonds. The molecule has 14 aliphatic carbocycles. The van der Waals surface area contributed by atoms with Gasteiger partial charge in [0.15, 0.2) is 0 Å². The lowest BCUT2D eigenvalue weighted by molar-refractivity contribution is -0.281. The van der Waals surface area contributed by atoms with E-state index in [4.69, 9.17) is 23.7 Å². The molecule has 16 rings (SSSR count). The van der Waals surface area contributed by atoms with Crippen molar-refractivity contribution in [3.05, 3.63) is 61.3 Å². The fourth-order valence-corrected chi connectivity index (χ4v) is 20.2. The van der Waals surface area contributed by atoms with Crippen LogP contribution in [-0.4, -0.2) is 135 Å². The molecule has 0 aromatic carbocycles. The van der Waals surface area contributed by atoms with Crippen molar-refractivity contribution in [2.45, 2.75) is 266 Å². The second kappa shape index (κ2) is 21.1. The van der Waals surface area contributed by atoms with Crippen molar-refractivity contribution >= 4 is 41.7 Å². The first kappa shape index (κ1) is 62.5. The number of amides is 2. The Balaban J connectivity index is 0.000000125. The summed E-state index contributed by atoms with van der Waals surface area (Å²) >= 11 is 0. The zero-order chi connectivity index (χ0) is 61.1. The minimum absolute atomic E-state index is 0.00972. The van der Waals surface area contributed by atoms with Crippen LogP contribution in [0.2, 0.25) is 0 Å². The predicted molar refractivity (Wildman–Crippen MR) is 302 cm³/mol. The first-order valence-corrected chi connectivity index (χ1v) is 30.1. The van der Waals surface area contributed by atoms with Crippen LogP contribution in [0.15, 0.2) is 61.3 Å². The zero-order valence-corrected chi connectivity index (χ0v) is 50.1. The number of β-lactam (4-membered cyclic amide) rings is 1. The van der Waals surface area contributed by atoms with Crippen molar-refractivity contribution in [3.63, 3.8) is 0 Å². The minimum Gasteiger partial charge on any atom is -0.458 e. The van der Waals surface area contributed by atoms with E-state index in [9.17, 15) is 59.1 Å². The number of esters is 5. The van der Waals surface area contributed by atoms with Crippen LogP contribution in [0, 0.1) is 34.0 Å². The highest BCUT2D eigenvalue weighted by Crippen LogP contribution is 2.69. The van der Waals surface area contributed by atoms with Crippen LogP contribution >= 0.6 is 0 Å². The summed E-state index contributed by atoms with van der Waals surface area (Å²) in [6.45, 7) is 30.8. The average Bonchev–Trinajstić information content (AvgIpc) is 1.51. The van der Waals surface area contributed by atoms with Gasteiger partial charge in [0.2, 0.25) is 5.91 Å². The number of aliphatic hydroxyl groups is 5. The van der Waals surface area contributed by atoms with Gasteiger partial charge in [0, 0.05) is 79.7 Å². The summed E-state index contributed by atoms with van der Waals surface area (Å²) in [6.07, 6.45) is 18.0. The number of imide groups is 1. The van der Waals surface area contributed by atoms with Gasteiger partial charge in [0.05, 0.1) is 45.9 Å². The number of carbonyl (C=O) groups is 7. The Bertz CT molecular complexity index is 2670. The summed E-state index contributed by atoms with van der Waals surface area (Å²) in [5, 5.41) is 53.1. The molecule has 11 unspecified atom stereocenters. The number of hydrogen-bond donors (Lipinski definition) is 5. The van der Waals surface area contributed by atoms with Crippen molar-refractivity contribution in [1.82, 2.24) is 4.90 Å².